The fourth-order valence-electron chi connectivity index (χ4n) is 2.04. The molecule has 112 valence electrons. The Morgan fingerprint density at radius 3 is 2.71 bits per heavy atom. The lowest BCUT2D eigenvalue weighted by molar-refractivity contribution is 0.0562. The van der Waals surface area contributed by atoms with Crippen LogP contribution >= 0.6 is 0 Å². The van der Waals surface area contributed by atoms with E-state index in [1.165, 1.54) is 7.11 Å². The highest BCUT2D eigenvalue weighted by atomic mass is 16.5. The van der Waals surface area contributed by atoms with Crippen molar-refractivity contribution in [3.8, 4) is 0 Å². The van der Waals surface area contributed by atoms with Gasteiger partial charge in [0.1, 0.15) is 5.76 Å². The number of anilines is 1. The summed E-state index contributed by atoms with van der Waals surface area (Å²) in [5.41, 5.74) is 2.04. The molecule has 1 unspecified atom stereocenters. The molecule has 1 aromatic carbocycles. The predicted octanol–water partition coefficient (Wildman–Crippen LogP) is 3.39. The van der Waals surface area contributed by atoms with Gasteiger partial charge in [-0.05, 0) is 25.1 Å². The maximum atomic E-state index is 11.4. The highest BCUT2D eigenvalue weighted by Gasteiger charge is 2.16. The number of carbonyl (C=O) groups excluding carboxylic acids is 1. The Kier molecular flexibility index (Phi) is 5.00. The molecule has 0 amide bonds. The molecule has 0 bridgehead atoms. The number of benzene rings is 1. The number of furan rings is 1. The molecule has 0 saturated carbocycles. The third-order valence-corrected chi connectivity index (χ3v) is 3.13. The monoisotopic (exact) mass is 289 g/mol. The molecule has 1 atom stereocenters. The maximum Gasteiger partial charge on any atom is 0.373 e. The van der Waals surface area contributed by atoms with Crippen LogP contribution in [0, 0.1) is 0 Å². The first-order valence-corrected chi connectivity index (χ1v) is 6.67. The Morgan fingerprint density at radius 2 is 2.00 bits per heavy atom. The molecule has 2 rings (SSSR count). The van der Waals surface area contributed by atoms with E-state index in [1.807, 2.05) is 31.2 Å². The molecule has 1 aromatic heterocycles. The van der Waals surface area contributed by atoms with Gasteiger partial charge in [-0.1, -0.05) is 18.2 Å². The molecule has 1 heterocycles. The molecule has 0 radical (unpaired) electrons. The van der Waals surface area contributed by atoms with Crippen molar-refractivity contribution in [3.05, 3.63) is 53.5 Å². The molecule has 2 aromatic rings. The van der Waals surface area contributed by atoms with E-state index in [0.29, 0.717) is 12.4 Å². The van der Waals surface area contributed by atoms with Gasteiger partial charge in [-0.15, -0.1) is 0 Å². The van der Waals surface area contributed by atoms with Gasteiger partial charge in [-0.25, -0.2) is 4.79 Å². The second kappa shape index (κ2) is 6.95. The number of para-hydroxylation sites is 1. The van der Waals surface area contributed by atoms with Crippen molar-refractivity contribution in [2.24, 2.45) is 0 Å². The van der Waals surface area contributed by atoms with Crippen LogP contribution in [0.1, 0.15) is 34.8 Å². The van der Waals surface area contributed by atoms with Gasteiger partial charge >= 0.3 is 5.97 Å². The molecule has 0 aliphatic rings. The number of carbonyl (C=O) groups is 1. The van der Waals surface area contributed by atoms with Crippen molar-refractivity contribution >= 4 is 11.7 Å². The molecule has 5 nitrogen and oxygen atoms in total. The van der Waals surface area contributed by atoms with Gasteiger partial charge in [0, 0.05) is 18.4 Å². The molecule has 0 aliphatic carbocycles. The van der Waals surface area contributed by atoms with E-state index in [9.17, 15) is 4.79 Å². The molecule has 0 fully saturated rings. The minimum Gasteiger partial charge on any atom is -0.463 e. The molecular weight excluding hydrogens is 270 g/mol. The summed E-state index contributed by atoms with van der Waals surface area (Å²) in [6, 6.07) is 11.2. The van der Waals surface area contributed by atoms with E-state index in [4.69, 9.17) is 9.15 Å². The Morgan fingerprint density at radius 1 is 1.24 bits per heavy atom. The quantitative estimate of drug-likeness (QED) is 0.826. The van der Waals surface area contributed by atoms with Crippen LogP contribution in [0.3, 0.4) is 0 Å². The zero-order valence-corrected chi connectivity index (χ0v) is 12.4. The minimum atomic E-state index is -0.478. The Hall–Kier alpha value is -2.27. The number of esters is 1. The van der Waals surface area contributed by atoms with E-state index in [2.05, 4.69) is 10.1 Å². The van der Waals surface area contributed by atoms with Gasteiger partial charge in [-0.2, -0.15) is 0 Å². The number of hydrogen-bond donors (Lipinski definition) is 1. The number of ether oxygens (including phenoxy) is 2. The third kappa shape index (κ3) is 3.64. The van der Waals surface area contributed by atoms with Crippen LogP contribution in [0.2, 0.25) is 0 Å². The lowest BCUT2D eigenvalue weighted by Gasteiger charge is -2.16. The fraction of sp³-hybridized carbons (Fsp3) is 0.312. The van der Waals surface area contributed by atoms with E-state index in [-0.39, 0.29) is 11.8 Å². The smallest absolute Gasteiger partial charge is 0.373 e. The topological polar surface area (TPSA) is 60.7 Å². The zero-order chi connectivity index (χ0) is 15.2. The average molecular weight is 289 g/mol. The minimum absolute atomic E-state index is 0.0820. The summed E-state index contributed by atoms with van der Waals surface area (Å²) < 4.78 is 15.3. The summed E-state index contributed by atoms with van der Waals surface area (Å²) in [4.78, 5) is 11.4. The summed E-state index contributed by atoms with van der Waals surface area (Å²) in [7, 11) is 2.99. The summed E-state index contributed by atoms with van der Waals surface area (Å²) in [5.74, 6) is 0.391. The first-order chi connectivity index (χ1) is 10.2. The van der Waals surface area contributed by atoms with E-state index >= 15 is 0 Å². The summed E-state index contributed by atoms with van der Waals surface area (Å²) >= 11 is 0. The van der Waals surface area contributed by atoms with Crippen molar-refractivity contribution in [1.82, 2.24) is 0 Å². The van der Waals surface area contributed by atoms with Gasteiger partial charge in [0.25, 0.3) is 0 Å². The highest BCUT2D eigenvalue weighted by Crippen LogP contribution is 2.24. The first kappa shape index (κ1) is 15.1. The third-order valence-electron chi connectivity index (χ3n) is 3.13. The van der Waals surface area contributed by atoms with Crippen LogP contribution < -0.4 is 5.32 Å². The fourth-order valence-corrected chi connectivity index (χ4v) is 2.04. The Labute approximate surface area is 123 Å². The van der Waals surface area contributed by atoms with Gasteiger partial charge in [0.15, 0.2) is 0 Å². The lowest BCUT2D eigenvalue weighted by atomic mass is 10.1. The van der Waals surface area contributed by atoms with Crippen LogP contribution in [0.25, 0.3) is 0 Å². The molecule has 1 N–H and O–H groups in total. The van der Waals surface area contributed by atoms with Crippen molar-refractivity contribution in [1.29, 1.82) is 0 Å². The molecular formula is C16H19NO4. The Bertz CT molecular complexity index is 606. The molecule has 0 aliphatic heterocycles. The number of nitrogens with one attached hydrogen (secondary N) is 1. The largest absolute Gasteiger partial charge is 0.463 e. The second-order valence-electron chi connectivity index (χ2n) is 4.65. The van der Waals surface area contributed by atoms with Crippen LogP contribution in [0.15, 0.2) is 40.8 Å². The number of hydrogen-bond acceptors (Lipinski definition) is 5. The summed E-state index contributed by atoms with van der Waals surface area (Å²) in [6.07, 6.45) is 0. The van der Waals surface area contributed by atoms with Gasteiger partial charge in [-0.3, -0.25) is 0 Å². The maximum absolute atomic E-state index is 11.4. The zero-order valence-electron chi connectivity index (χ0n) is 12.4. The number of methoxy groups -OCH3 is 2. The van der Waals surface area contributed by atoms with E-state index in [1.54, 1.807) is 19.2 Å². The SMILES string of the molecule is COCc1ccccc1NC(C)c1ccc(C(=O)OC)o1. The summed E-state index contributed by atoms with van der Waals surface area (Å²) in [5, 5.41) is 3.36. The first-order valence-electron chi connectivity index (χ1n) is 6.67. The van der Waals surface area contributed by atoms with E-state index in [0.717, 1.165) is 11.3 Å². The lowest BCUT2D eigenvalue weighted by Crippen LogP contribution is -2.08. The van der Waals surface area contributed by atoms with Crippen LogP contribution in [-0.2, 0) is 16.1 Å². The average Bonchev–Trinajstić information content (AvgIpc) is 2.98. The summed E-state index contributed by atoms with van der Waals surface area (Å²) in [6.45, 7) is 2.49. The molecule has 0 spiro atoms. The van der Waals surface area contributed by atoms with E-state index < -0.39 is 5.97 Å². The van der Waals surface area contributed by atoms with Gasteiger partial charge < -0.3 is 19.2 Å². The van der Waals surface area contributed by atoms with Crippen molar-refractivity contribution in [3.63, 3.8) is 0 Å². The predicted molar refractivity (Wildman–Crippen MR) is 79.2 cm³/mol. The molecule has 21 heavy (non-hydrogen) atoms. The van der Waals surface area contributed by atoms with Gasteiger partial charge in [0.05, 0.1) is 19.8 Å². The highest BCUT2D eigenvalue weighted by molar-refractivity contribution is 5.86. The normalized spacial score (nSPS) is 12.0. The van der Waals surface area contributed by atoms with Crippen molar-refractivity contribution < 1.29 is 18.7 Å². The Balaban J connectivity index is 2.12. The van der Waals surface area contributed by atoms with Crippen LogP contribution in [0.4, 0.5) is 5.69 Å². The second-order valence-corrected chi connectivity index (χ2v) is 4.65. The molecule has 5 heteroatoms. The van der Waals surface area contributed by atoms with Crippen LogP contribution in [-0.4, -0.2) is 20.2 Å². The van der Waals surface area contributed by atoms with Crippen molar-refractivity contribution in [2.45, 2.75) is 19.6 Å². The standard InChI is InChI=1S/C16H19NO4/c1-11(14-8-9-15(21-14)16(18)20-3)17-13-7-5-4-6-12(13)10-19-2/h4-9,11,17H,10H2,1-3H3. The number of rotatable bonds is 6. The van der Waals surface area contributed by atoms with Crippen LogP contribution in [0.5, 0.6) is 0 Å². The van der Waals surface area contributed by atoms with Gasteiger partial charge in [0.2, 0.25) is 5.76 Å². The van der Waals surface area contributed by atoms with Crippen molar-refractivity contribution in [2.75, 3.05) is 19.5 Å². The molecule has 0 saturated heterocycles.